The summed E-state index contributed by atoms with van der Waals surface area (Å²) in [5.41, 5.74) is 6.23. The van der Waals surface area contributed by atoms with Gasteiger partial charge in [0.15, 0.2) is 6.61 Å². The molecule has 1 aromatic rings. The number of nitrogen functional groups attached to an aromatic ring is 1. The van der Waals surface area contributed by atoms with E-state index in [9.17, 15) is 4.79 Å². The minimum absolute atomic E-state index is 0.0497. The number of amides is 1. The number of rotatable bonds is 9. The number of anilines is 1. The van der Waals surface area contributed by atoms with Gasteiger partial charge in [-0.15, -0.1) is 0 Å². The van der Waals surface area contributed by atoms with Gasteiger partial charge in [-0.25, -0.2) is 0 Å². The van der Waals surface area contributed by atoms with Crippen LogP contribution in [-0.2, 0) is 9.53 Å². The van der Waals surface area contributed by atoms with E-state index in [1.54, 1.807) is 12.1 Å². The highest BCUT2D eigenvalue weighted by atomic mass is 16.5. The Morgan fingerprint density at radius 1 is 1.30 bits per heavy atom. The van der Waals surface area contributed by atoms with Crippen LogP contribution >= 0.6 is 0 Å². The number of nitrogens with two attached hydrogens (primary N) is 1. The summed E-state index contributed by atoms with van der Waals surface area (Å²) >= 11 is 0. The first-order valence-corrected chi connectivity index (χ1v) is 6.56. The summed E-state index contributed by atoms with van der Waals surface area (Å²) < 4.78 is 10.7. The fourth-order valence-electron chi connectivity index (χ4n) is 1.42. The molecule has 0 radical (unpaired) electrons. The van der Waals surface area contributed by atoms with Crippen LogP contribution in [0.15, 0.2) is 24.3 Å². The van der Waals surface area contributed by atoms with Crippen LogP contribution in [0.1, 0.15) is 0 Å². The maximum Gasteiger partial charge on any atom is 0.258 e. The maximum atomic E-state index is 11.5. The number of carbonyl (C=O) groups is 1. The van der Waals surface area contributed by atoms with Gasteiger partial charge in [0.2, 0.25) is 0 Å². The van der Waals surface area contributed by atoms with Crippen molar-refractivity contribution in [3.63, 3.8) is 0 Å². The van der Waals surface area contributed by atoms with E-state index in [-0.39, 0.29) is 12.5 Å². The lowest BCUT2D eigenvalue weighted by atomic mass is 10.3. The molecular formula is C14H23N3O3. The maximum absolute atomic E-state index is 11.5. The zero-order chi connectivity index (χ0) is 14.8. The van der Waals surface area contributed by atoms with Crippen molar-refractivity contribution in [2.24, 2.45) is 0 Å². The molecule has 0 heterocycles. The fraction of sp³-hybridized carbons (Fsp3) is 0.500. The van der Waals surface area contributed by atoms with E-state index in [1.165, 1.54) is 0 Å². The predicted octanol–water partition coefficient (Wildman–Crippen LogP) is 0.342. The van der Waals surface area contributed by atoms with Gasteiger partial charge in [0.05, 0.1) is 18.9 Å². The third kappa shape index (κ3) is 6.96. The van der Waals surface area contributed by atoms with Gasteiger partial charge in [0.1, 0.15) is 5.75 Å². The van der Waals surface area contributed by atoms with Crippen LogP contribution in [0.25, 0.3) is 0 Å². The third-order valence-corrected chi connectivity index (χ3v) is 2.53. The van der Waals surface area contributed by atoms with E-state index >= 15 is 0 Å². The highest BCUT2D eigenvalue weighted by Crippen LogP contribution is 2.19. The molecule has 0 saturated carbocycles. The number of para-hydroxylation sites is 2. The Morgan fingerprint density at radius 2 is 2.05 bits per heavy atom. The number of benzene rings is 1. The first kappa shape index (κ1) is 16.3. The second kappa shape index (κ2) is 9.17. The van der Waals surface area contributed by atoms with Gasteiger partial charge in [-0.05, 0) is 26.2 Å². The monoisotopic (exact) mass is 281 g/mol. The minimum atomic E-state index is -0.190. The van der Waals surface area contributed by atoms with Crippen LogP contribution in [0.3, 0.4) is 0 Å². The molecule has 1 aromatic carbocycles. The topological polar surface area (TPSA) is 76.8 Å². The Morgan fingerprint density at radius 3 is 2.75 bits per heavy atom. The lowest BCUT2D eigenvalue weighted by Gasteiger charge is -2.11. The zero-order valence-electron chi connectivity index (χ0n) is 12.1. The van der Waals surface area contributed by atoms with Gasteiger partial charge < -0.3 is 25.4 Å². The van der Waals surface area contributed by atoms with E-state index in [0.717, 1.165) is 6.54 Å². The molecule has 0 aliphatic rings. The van der Waals surface area contributed by atoms with Crippen molar-refractivity contribution < 1.29 is 14.3 Å². The van der Waals surface area contributed by atoms with Crippen LogP contribution in [0, 0.1) is 0 Å². The molecule has 6 nitrogen and oxygen atoms in total. The number of nitrogens with zero attached hydrogens (tertiary/aromatic N) is 1. The van der Waals surface area contributed by atoms with E-state index in [0.29, 0.717) is 31.2 Å². The Labute approximate surface area is 119 Å². The second-order valence-electron chi connectivity index (χ2n) is 4.59. The standard InChI is InChI=1S/C14H23N3O3/c1-17(2)8-10-19-9-7-16-14(18)11-20-13-6-4-3-5-12(13)15/h3-6H,7-11,15H2,1-2H3,(H,16,18). The molecule has 112 valence electrons. The highest BCUT2D eigenvalue weighted by molar-refractivity contribution is 5.77. The minimum Gasteiger partial charge on any atom is -0.482 e. The third-order valence-electron chi connectivity index (χ3n) is 2.53. The molecule has 0 aliphatic heterocycles. The van der Waals surface area contributed by atoms with Gasteiger partial charge in [-0.3, -0.25) is 4.79 Å². The van der Waals surface area contributed by atoms with Crippen LogP contribution < -0.4 is 15.8 Å². The van der Waals surface area contributed by atoms with Crippen molar-refractivity contribution >= 4 is 11.6 Å². The summed E-state index contributed by atoms with van der Waals surface area (Å²) in [6.45, 7) is 2.43. The van der Waals surface area contributed by atoms with Crippen molar-refractivity contribution in [3.05, 3.63) is 24.3 Å². The Balaban J connectivity index is 2.08. The number of hydrogen-bond acceptors (Lipinski definition) is 5. The van der Waals surface area contributed by atoms with Crippen LogP contribution in [0.2, 0.25) is 0 Å². The summed E-state index contributed by atoms with van der Waals surface area (Å²) in [6, 6.07) is 7.08. The van der Waals surface area contributed by atoms with Crippen molar-refractivity contribution in [2.75, 3.05) is 52.7 Å². The number of likely N-dealkylation sites (N-methyl/N-ethyl adjacent to an activating group) is 1. The first-order chi connectivity index (χ1) is 9.59. The molecule has 0 fully saturated rings. The molecule has 3 N–H and O–H groups in total. The number of nitrogens with one attached hydrogen (secondary N) is 1. The summed E-state index contributed by atoms with van der Waals surface area (Å²) in [5.74, 6) is 0.328. The number of carbonyl (C=O) groups excluding carboxylic acids is 1. The normalized spacial score (nSPS) is 10.6. The van der Waals surface area contributed by atoms with Crippen LogP contribution in [-0.4, -0.2) is 57.8 Å². The molecule has 1 amide bonds. The Hall–Kier alpha value is -1.79. The summed E-state index contributed by atoms with van der Waals surface area (Å²) in [4.78, 5) is 13.6. The van der Waals surface area contributed by atoms with Crippen LogP contribution in [0.5, 0.6) is 5.75 Å². The summed E-state index contributed by atoms with van der Waals surface area (Å²) in [7, 11) is 3.97. The van der Waals surface area contributed by atoms with Gasteiger partial charge in [0, 0.05) is 13.1 Å². The van der Waals surface area contributed by atoms with Crippen molar-refractivity contribution in [1.82, 2.24) is 10.2 Å². The quantitative estimate of drug-likeness (QED) is 0.504. The number of ether oxygens (including phenoxy) is 2. The van der Waals surface area contributed by atoms with Gasteiger partial charge in [-0.1, -0.05) is 12.1 Å². The largest absolute Gasteiger partial charge is 0.482 e. The van der Waals surface area contributed by atoms with E-state index in [1.807, 2.05) is 31.1 Å². The smallest absolute Gasteiger partial charge is 0.258 e. The summed E-state index contributed by atoms with van der Waals surface area (Å²) in [6.07, 6.45) is 0. The average Bonchev–Trinajstić information content (AvgIpc) is 2.41. The molecule has 0 unspecified atom stereocenters. The highest BCUT2D eigenvalue weighted by Gasteiger charge is 2.04. The predicted molar refractivity (Wildman–Crippen MR) is 78.7 cm³/mol. The summed E-state index contributed by atoms with van der Waals surface area (Å²) in [5, 5.41) is 2.72. The molecule has 0 aliphatic carbocycles. The lowest BCUT2D eigenvalue weighted by molar-refractivity contribution is -0.123. The molecule has 0 bridgehead atoms. The van der Waals surface area contributed by atoms with Gasteiger partial charge in [0.25, 0.3) is 5.91 Å². The molecule has 0 saturated heterocycles. The molecule has 0 atom stereocenters. The second-order valence-corrected chi connectivity index (χ2v) is 4.59. The average molecular weight is 281 g/mol. The van der Waals surface area contributed by atoms with Gasteiger partial charge in [-0.2, -0.15) is 0 Å². The number of hydrogen-bond donors (Lipinski definition) is 2. The van der Waals surface area contributed by atoms with E-state index in [4.69, 9.17) is 15.2 Å². The SMILES string of the molecule is CN(C)CCOCCNC(=O)COc1ccccc1N. The van der Waals surface area contributed by atoms with Crippen LogP contribution in [0.4, 0.5) is 5.69 Å². The Bertz CT molecular complexity index is 410. The first-order valence-electron chi connectivity index (χ1n) is 6.56. The van der Waals surface area contributed by atoms with Crippen molar-refractivity contribution in [1.29, 1.82) is 0 Å². The fourth-order valence-corrected chi connectivity index (χ4v) is 1.42. The lowest BCUT2D eigenvalue weighted by Crippen LogP contribution is -2.32. The molecule has 6 heteroatoms. The zero-order valence-corrected chi connectivity index (χ0v) is 12.1. The van der Waals surface area contributed by atoms with Crippen molar-refractivity contribution in [3.8, 4) is 5.75 Å². The molecule has 0 spiro atoms. The molecule has 1 rings (SSSR count). The van der Waals surface area contributed by atoms with E-state index < -0.39 is 0 Å². The van der Waals surface area contributed by atoms with Gasteiger partial charge >= 0.3 is 0 Å². The van der Waals surface area contributed by atoms with Crippen molar-refractivity contribution in [2.45, 2.75) is 0 Å². The Kier molecular flexibility index (Phi) is 7.46. The molecule has 20 heavy (non-hydrogen) atoms. The molecule has 0 aromatic heterocycles. The molecular weight excluding hydrogens is 258 g/mol. The van der Waals surface area contributed by atoms with E-state index in [2.05, 4.69) is 5.32 Å².